The van der Waals surface area contributed by atoms with Gasteiger partial charge >= 0.3 is 59.1 Å². The fraction of sp³-hybridized carbons (Fsp3) is 0. The topological polar surface area (TPSA) is 29.5 Å². The zero-order chi connectivity index (χ0) is 12.4. The molecule has 2 aromatic carbocycles. The number of hydrogen-bond acceptors (Lipinski definition) is 2. The normalized spacial score (nSPS) is 9.21. The van der Waals surface area contributed by atoms with Crippen molar-refractivity contribution in [2.45, 2.75) is 0 Å². The maximum atomic E-state index is 9.62. The summed E-state index contributed by atoms with van der Waals surface area (Å²) in [6.07, 6.45) is 0. The van der Waals surface area contributed by atoms with E-state index < -0.39 is 0 Å². The summed E-state index contributed by atoms with van der Waals surface area (Å²) in [7, 11) is 0. The molecule has 0 aromatic heterocycles. The Hall–Kier alpha value is 0.910. The first-order chi connectivity index (χ1) is 8.06. The average molecular weight is 338 g/mol. The molecule has 0 fully saturated rings. The molecule has 0 aliphatic heterocycles. The molecular formula is C12H9Cl3Na2O2. The van der Waals surface area contributed by atoms with E-state index in [4.69, 9.17) is 39.5 Å². The Bertz CT molecular complexity index is 515. The van der Waals surface area contributed by atoms with E-state index in [1.54, 1.807) is 30.3 Å². The first-order valence-corrected chi connectivity index (χ1v) is 5.81. The number of aromatic hydroxyl groups is 1. The van der Waals surface area contributed by atoms with Crippen LogP contribution in [-0.4, -0.2) is 64.2 Å². The molecule has 19 heavy (non-hydrogen) atoms. The Morgan fingerprint density at radius 3 is 1.84 bits per heavy atom. The number of phenols is 1. The molecule has 0 spiro atoms. The van der Waals surface area contributed by atoms with Crippen molar-refractivity contribution in [3.63, 3.8) is 0 Å². The van der Waals surface area contributed by atoms with Crippen molar-refractivity contribution in [1.82, 2.24) is 0 Å². The van der Waals surface area contributed by atoms with Gasteiger partial charge in [-0.15, -0.1) is 0 Å². The van der Waals surface area contributed by atoms with Gasteiger partial charge in [0.25, 0.3) is 0 Å². The van der Waals surface area contributed by atoms with Crippen molar-refractivity contribution in [3.8, 4) is 17.2 Å². The number of ether oxygens (including phenoxy) is 1. The van der Waals surface area contributed by atoms with Crippen LogP contribution in [-0.2, 0) is 0 Å². The van der Waals surface area contributed by atoms with Crippen molar-refractivity contribution in [1.29, 1.82) is 0 Å². The molecule has 2 aromatic rings. The van der Waals surface area contributed by atoms with Gasteiger partial charge in [0.1, 0.15) is 5.75 Å². The molecule has 7 heteroatoms. The van der Waals surface area contributed by atoms with Crippen LogP contribution < -0.4 is 4.74 Å². The van der Waals surface area contributed by atoms with E-state index in [2.05, 4.69) is 0 Å². The molecule has 0 radical (unpaired) electrons. The Balaban J connectivity index is 0.00000162. The fourth-order valence-electron chi connectivity index (χ4n) is 1.25. The summed E-state index contributed by atoms with van der Waals surface area (Å²) in [5, 5.41) is 10.9. The minimum absolute atomic E-state index is 0. The fourth-order valence-corrected chi connectivity index (χ4v) is 1.87. The van der Waals surface area contributed by atoms with Crippen molar-refractivity contribution < 1.29 is 9.84 Å². The second-order valence-electron chi connectivity index (χ2n) is 3.29. The summed E-state index contributed by atoms with van der Waals surface area (Å²) >= 11 is 17.4. The van der Waals surface area contributed by atoms with E-state index in [0.29, 0.717) is 20.8 Å². The zero-order valence-electron chi connectivity index (χ0n) is 8.45. The zero-order valence-corrected chi connectivity index (χ0v) is 10.7. The molecule has 92 valence electrons. The molecule has 0 saturated heterocycles. The summed E-state index contributed by atoms with van der Waals surface area (Å²) in [5.74, 6) is 0.635. The molecule has 1 N–H and O–H groups in total. The average Bonchev–Trinajstić information content (AvgIpc) is 2.25. The number of halogens is 3. The predicted octanol–water partition coefficient (Wildman–Crippen LogP) is 3.85. The molecular weight excluding hydrogens is 328 g/mol. The van der Waals surface area contributed by atoms with E-state index >= 15 is 0 Å². The number of benzene rings is 2. The molecule has 2 nitrogen and oxygen atoms in total. The van der Waals surface area contributed by atoms with Crippen molar-refractivity contribution in [2.24, 2.45) is 0 Å². The molecule has 0 aliphatic rings. The van der Waals surface area contributed by atoms with Gasteiger partial charge in [0.05, 0.1) is 5.02 Å². The standard InChI is InChI=1S/C12H7Cl3O2.2Na.2H/c13-7-1-3-11(9(15)5-7)17-12-4-2-8(14)6-10(12)16;;;;/h1-6,16H;;;;. The van der Waals surface area contributed by atoms with E-state index in [-0.39, 0.29) is 70.6 Å². The van der Waals surface area contributed by atoms with Gasteiger partial charge in [-0.1, -0.05) is 34.8 Å². The van der Waals surface area contributed by atoms with Crippen LogP contribution in [0.1, 0.15) is 0 Å². The van der Waals surface area contributed by atoms with Crippen LogP contribution in [0.4, 0.5) is 0 Å². The van der Waals surface area contributed by atoms with E-state index in [1.807, 2.05) is 0 Å². The van der Waals surface area contributed by atoms with E-state index in [0.717, 1.165) is 0 Å². The quantitative estimate of drug-likeness (QED) is 0.844. The van der Waals surface area contributed by atoms with Gasteiger partial charge in [0, 0.05) is 16.1 Å². The van der Waals surface area contributed by atoms with Crippen LogP contribution >= 0.6 is 34.8 Å². The maximum absolute atomic E-state index is 9.62. The van der Waals surface area contributed by atoms with E-state index in [1.165, 1.54) is 6.07 Å². The minimum atomic E-state index is -0.0523. The Morgan fingerprint density at radius 2 is 1.32 bits per heavy atom. The Labute approximate surface area is 170 Å². The van der Waals surface area contributed by atoms with Gasteiger partial charge in [-0.05, 0) is 30.3 Å². The Morgan fingerprint density at radius 1 is 0.789 bits per heavy atom. The molecule has 0 amide bonds. The summed E-state index contributed by atoms with van der Waals surface area (Å²) < 4.78 is 5.45. The van der Waals surface area contributed by atoms with Gasteiger partial charge in [-0.3, -0.25) is 0 Å². The molecule has 0 aliphatic carbocycles. The van der Waals surface area contributed by atoms with Crippen LogP contribution in [0, 0.1) is 0 Å². The van der Waals surface area contributed by atoms with Crippen molar-refractivity contribution in [2.75, 3.05) is 0 Å². The van der Waals surface area contributed by atoms with Gasteiger partial charge < -0.3 is 9.84 Å². The predicted molar refractivity (Wildman–Crippen MR) is 84.0 cm³/mol. The van der Waals surface area contributed by atoms with E-state index in [9.17, 15) is 5.11 Å². The monoisotopic (exact) mass is 336 g/mol. The third kappa shape index (κ3) is 5.66. The van der Waals surface area contributed by atoms with Crippen LogP contribution in [0.2, 0.25) is 15.1 Å². The van der Waals surface area contributed by atoms with Crippen molar-refractivity contribution in [3.05, 3.63) is 51.5 Å². The van der Waals surface area contributed by atoms with Gasteiger partial charge in [-0.25, -0.2) is 0 Å². The van der Waals surface area contributed by atoms with Crippen LogP contribution in [0.5, 0.6) is 17.2 Å². The molecule has 0 bridgehead atoms. The summed E-state index contributed by atoms with van der Waals surface area (Å²) in [5.41, 5.74) is 0. The molecule has 0 heterocycles. The summed E-state index contributed by atoms with van der Waals surface area (Å²) in [4.78, 5) is 0. The van der Waals surface area contributed by atoms with Gasteiger partial charge in [0.15, 0.2) is 11.5 Å². The summed E-state index contributed by atoms with van der Waals surface area (Å²) in [6, 6.07) is 9.39. The van der Waals surface area contributed by atoms with Crippen LogP contribution in [0.15, 0.2) is 36.4 Å². The Kier molecular flexibility index (Phi) is 9.47. The number of hydrogen-bond donors (Lipinski definition) is 1. The third-order valence-electron chi connectivity index (χ3n) is 2.03. The molecule has 0 unspecified atom stereocenters. The number of phenolic OH excluding ortho intramolecular Hbond substituents is 1. The summed E-state index contributed by atoms with van der Waals surface area (Å²) in [6.45, 7) is 0. The first-order valence-electron chi connectivity index (χ1n) is 4.67. The second-order valence-corrected chi connectivity index (χ2v) is 4.57. The SMILES string of the molecule is Oc1cc(Cl)ccc1Oc1ccc(Cl)cc1Cl.[NaH].[NaH]. The van der Waals surface area contributed by atoms with Crippen LogP contribution in [0.25, 0.3) is 0 Å². The molecule has 0 saturated carbocycles. The third-order valence-corrected chi connectivity index (χ3v) is 2.80. The second kappa shape index (κ2) is 9.04. The molecule has 2 rings (SSSR count). The van der Waals surface area contributed by atoms with Crippen LogP contribution in [0.3, 0.4) is 0 Å². The van der Waals surface area contributed by atoms with Gasteiger partial charge in [0.2, 0.25) is 0 Å². The molecule has 0 atom stereocenters. The first kappa shape index (κ1) is 19.9. The van der Waals surface area contributed by atoms with Gasteiger partial charge in [-0.2, -0.15) is 0 Å². The number of rotatable bonds is 2. The van der Waals surface area contributed by atoms with Crippen molar-refractivity contribution >= 4 is 93.9 Å².